The van der Waals surface area contributed by atoms with Crippen molar-refractivity contribution in [3.63, 3.8) is 0 Å². The molecule has 1 aliphatic heterocycles. The number of hydrogen-bond acceptors (Lipinski definition) is 3. The summed E-state index contributed by atoms with van der Waals surface area (Å²) < 4.78 is 0. The summed E-state index contributed by atoms with van der Waals surface area (Å²) in [7, 11) is 0. The van der Waals surface area contributed by atoms with E-state index in [-0.39, 0.29) is 0 Å². The summed E-state index contributed by atoms with van der Waals surface area (Å²) in [6.07, 6.45) is 0. The molecule has 0 saturated carbocycles. The molecule has 0 atom stereocenters. The standard InChI is InChI=1S/C11H11Cl2N3S/c1-2-14-11-16-15-10(6-17-11)8-4-3-7(12)5-9(8)13/h3-5H,2,6H2,1H3,(H,14,16). The highest BCUT2D eigenvalue weighted by Crippen LogP contribution is 2.24. The Hall–Kier alpha value is -0.710. The van der Waals surface area contributed by atoms with E-state index < -0.39 is 0 Å². The minimum absolute atomic E-state index is 0.620. The molecular weight excluding hydrogens is 277 g/mol. The summed E-state index contributed by atoms with van der Waals surface area (Å²) in [5, 5.41) is 6.37. The van der Waals surface area contributed by atoms with E-state index in [1.807, 2.05) is 19.1 Å². The number of benzene rings is 1. The van der Waals surface area contributed by atoms with E-state index >= 15 is 0 Å². The third-order valence-electron chi connectivity index (χ3n) is 2.18. The van der Waals surface area contributed by atoms with Crippen LogP contribution in [0.3, 0.4) is 0 Å². The number of nitrogens with zero attached hydrogens (tertiary/aromatic N) is 2. The average molecular weight is 288 g/mol. The van der Waals surface area contributed by atoms with Crippen molar-refractivity contribution in [1.29, 1.82) is 0 Å². The molecule has 1 aliphatic rings. The molecule has 0 radical (unpaired) electrons. The number of rotatable bonds is 2. The highest BCUT2D eigenvalue weighted by molar-refractivity contribution is 8.14. The third-order valence-corrected chi connectivity index (χ3v) is 3.64. The zero-order chi connectivity index (χ0) is 12.3. The first-order valence-electron chi connectivity index (χ1n) is 5.16. The van der Waals surface area contributed by atoms with Crippen molar-refractivity contribution in [1.82, 2.24) is 5.43 Å². The second-order valence-electron chi connectivity index (χ2n) is 3.36. The zero-order valence-electron chi connectivity index (χ0n) is 9.20. The first kappa shape index (κ1) is 12.7. The second-order valence-corrected chi connectivity index (χ2v) is 5.17. The summed E-state index contributed by atoms with van der Waals surface area (Å²) in [5.41, 5.74) is 4.74. The van der Waals surface area contributed by atoms with Crippen LogP contribution in [-0.4, -0.2) is 23.2 Å². The van der Waals surface area contributed by atoms with Crippen LogP contribution in [0.15, 0.2) is 28.3 Å². The molecule has 1 heterocycles. The van der Waals surface area contributed by atoms with Crippen LogP contribution in [-0.2, 0) is 0 Å². The Balaban J connectivity index is 2.22. The Labute approximate surface area is 114 Å². The molecule has 0 bridgehead atoms. The van der Waals surface area contributed by atoms with Gasteiger partial charge in [0.15, 0.2) is 5.17 Å². The van der Waals surface area contributed by atoms with E-state index in [2.05, 4.69) is 15.5 Å². The van der Waals surface area contributed by atoms with Gasteiger partial charge in [0.2, 0.25) is 0 Å². The topological polar surface area (TPSA) is 36.8 Å². The van der Waals surface area contributed by atoms with E-state index in [4.69, 9.17) is 23.2 Å². The summed E-state index contributed by atoms with van der Waals surface area (Å²) in [4.78, 5) is 4.26. The Bertz CT molecular complexity index is 486. The van der Waals surface area contributed by atoms with E-state index in [9.17, 15) is 0 Å². The quantitative estimate of drug-likeness (QED) is 0.905. The van der Waals surface area contributed by atoms with Gasteiger partial charge in [0.25, 0.3) is 0 Å². The summed E-state index contributed by atoms with van der Waals surface area (Å²) >= 11 is 13.6. The molecule has 1 aromatic carbocycles. The Morgan fingerprint density at radius 3 is 2.88 bits per heavy atom. The molecule has 0 amide bonds. The predicted octanol–water partition coefficient (Wildman–Crippen LogP) is 3.41. The summed E-state index contributed by atoms with van der Waals surface area (Å²) in [5.74, 6) is 0.757. The van der Waals surface area contributed by atoms with E-state index in [1.165, 1.54) is 0 Å². The number of nitrogens with one attached hydrogen (secondary N) is 1. The van der Waals surface area contributed by atoms with Crippen molar-refractivity contribution >= 4 is 45.8 Å². The van der Waals surface area contributed by atoms with Crippen LogP contribution >= 0.6 is 35.0 Å². The van der Waals surface area contributed by atoms with Gasteiger partial charge in [-0.1, -0.05) is 41.0 Å². The molecule has 0 fully saturated rings. The number of thioether (sulfide) groups is 1. The normalized spacial score (nSPS) is 17.8. The lowest BCUT2D eigenvalue weighted by Crippen LogP contribution is -2.25. The summed E-state index contributed by atoms with van der Waals surface area (Å²) in [6.45, 7) is 2.74. The molecule has 2 rings (SSSR count). The highest BCUT2D eigenvalue weighted by Gasteiger charge is 2.15. The molecule has 90 valence electrons. The van der Waals surface area contributed by atoms with Crippen LogP contribution < -0.4 is 5.43 Å². The van der Waals surface area contributed by atoms with Gasteiger partial charge in [0.1, 0.15) is 0 Å². The van der Waals surface area contributed by atoms with Crippen LogP contribution in [0.25, 0.3) is 0 Å². The number of aliphatic imine (C=N–C) groups is 1. The summed E-state index contributed by atoms with van der Waals surface area (Å²) in [6, 6.07) is 5.42. The van der Waals surface area contributed by atoms with Crippen LogP contribution in [0.4, 0.5) is 0 Å². The SMILES string of the molecule is CCN=C1NN=C(c2ccc(Cl)cc2Cl)CS1. The molecule has 3 nitrogen and oxygen atoms in total. The van der Waals surface area contributed by atoms with Gasteiger partial charge in [-0.2, -0.15) is 5.10 Å². The van der Waals surface area contributed by atoms with Crippen LogP contribution in [0.5, 0.6) is 0 Å². The molecule has 1 aromatic rings. The second kappa shape index (κ2) is 5.76. The molecule has 0 unspecified atom stereocenters. The number of hydrogen-bond donors (Lipinski definition) is 1. The fraction of sp³-hybridized carbons (Fsp3) is 0.273. The maximum Gasteiger partial charge on any atom is 0.177 e. The minimum Gasteiger partial charge on any atom is -0.262 e. The van der Waals surface area contributed by atoms with Crippen molar-refractivity contribution in [2.24, 2.45) is 10.1 Å². The molecule has 17 heavy (non-hydrogen) atoms. The molecule has 0 saturated heterocycles. The fourth-order valence-corrected chi connectivity index (χ4v) is 2.74. The van der Waals surface area contributed by atoms with Crippen molar-refractivity contribution in [3.05, 3.63) is 33.8 Å². The lowest BCUT2D eigenvalue weighted by atomic mass is 10.1. The monoisotopic (exact) mass is 287 g/mol. The smallest absolute Gasteiger partial charge is 0.177 e. The van der Waals surface area contributed by atoms with Gasteiger partial charge in [0, 0.05) is 22.9 Å². The third kappa shape index (κ3) is 3.15. The van der Waals surface area contributed by atoms with Gasteiger partial charge in [-0.3, -0.25) is 10.4 Å². The van der Waals surface area contributed by atoms with Crippen LogP contribution in [0.1, 0.15) is 12.5 Å². The van der Waals surface area contributed by atoms with Crippen LogP contribution in [0.2, 0.25) is 10.0 Å². The molecule has 6 heteroatoms. The van der Waals surface area contributed by atoms with Gasteiger partial charge in [-0.05, 0) is 19.1 Å². The van der Waals surface area contributed by atoms with Gasteiger partial charge < -0.3 is 0 Å². The molecular formula is C11H11Cl2N3S. The van der Waals surface area contributed by atoms with Gasteiger partial charge in [0.05, 0.1) is 10.7 Å². The maximum absolute atomic E-state index is 6.13. The fourth-order valence-electron chi connectivity index (χ4n) is 1.40. The number of amidine groups is 1. The molecule has 1 N–H and O–H groups in total. The maximum atomic E-state index is 6.13. The van der Waals surface area contributed by atoms with E-state index in [0.29, 0.717) is 10.0 Å². The van der Waals surface area contributed by atoms with Crippen molar-refractivity contribution in [3.8, 4) is 0 Å². The Kier molecular flexibility index (Phi) is 4.31. The molecule has 0 aromatic heterocycles. The van der Waals surface area contributed by atoms with Gasteiger partial charge in [-0.25, -0.2) is 0 Å². The van der Waals surface area contributed by atoms with E-state index in [0.717, 1.165) is 28.7 Å². The Morgan fingerprint density at radius 2 is 2.29 bits per heavy atom. The lowest BCUT2D eigenvalue weighted by molar-refractivity contribution is 1.00. The van der Waals surface area contributed by atoms with Gasteiger partial charge >= 0.3 is 0 Å². The zero-order valence-corrected chi connectivity index (χ0v) is 11.5. The van der Waals surface area contributed by atoms with Crippen molar-refractivity contribution in [2.75, 3.05) is 12.3 Å². The minimum atomic E-state index is 0.620. The van der Waals surface area contributed by atoms with Crippen LogP contribution in [0, 0.1) is 0 Å². The highest BCUT2D eigenvalue weighted by atomic mass is 35.5. The number of hydrazone groups is 1. The van der Waals surface area contributed by atoms with Gasteiger partial charge in [-0.15, -0.1) is 0 Å². The average Bonchev–Trinajstić information content (AvgIpc) is 2.31. The Morgan fingerprint density at radius 1 is 1.47 bits per heavy atom. The first-order chi connectivity index (χ1) is 8.20. The molecule has 0 aliphatic carbocycles. The number of halogens is 2. The van der Waals surface area contributed by atoms with E-state index in [1.54, 1.807) is 17.8 Å². The van der Waals surface area contributed by atoms with Crippen molar-refractivity contribution < 1.29 is 0 Å². The lowest BCUT2D eigenvalue weighted by Gasteiger charge is -2.15. The molecule has 0 spiro atoms. The largest absolute Gasteiger partial charge is 0.262 e. The predicted molar refractivity (Wildman–Crippen MR) is 76.6 cm³/mol. The van der Waals surface area contributed by atoms with Crippen molar-refractivity contribution in [2.45, 2.75) is 6.92 Å². The first-order valence-corrected chi connectivity index (χ1v) is 6.90.